The van der Waals surface area contributed by atoms with Gasteiger partial charge >= 0.3 is 12.2 Å². The molecule has 2 N–H and O–H groups in total. The molecular formula is C26H23FN2O4. The summed E-state index contributed by atoms with van der Waals surface area (Å²) in [6.07, 6.45) is -1.22. The van der Waals surface area contributed by atoms with Gasteiger partial charge in [-0.2, -0.15) is 0 Å². The molecule has 0 unspecified atom stereocenters. The molecule has 2 amide bonds. The number of halogens is 1. The Balaban J connectivity index is 2.04. The molecule has 0 fully saturated rings. The van der Waals surface area contributed by atoms with Gasteiger partial charge in [0, 0.05) is 24.2 Å². The zero-order chi connectivity index (χ0) is 23.4. The molecule has 0 aliphatic heterocycles. The Bertz CT molecular complexity index is 1350. The molecule has 33 heavy (non-hydrogen) atoms. The molecule has 6 nitrogen and oxygen atoms in total. The van der Waals surface area contributed by atoms with Crippen molar-refractivity contribution in [3.8, 4) is 22.6 Å². The normalized spacial score (nSPS) is 10.8. The predicted octanol–water partition coefficient (Wildman–Crippen LogP) is 6.02. The van der Waals surface area contributed by atoms with Crippen molar-refractivity contribution >= 4 is 33.7 Å². The average Bonchev–Trinajstić information content (AvgIpc) is 2.79. The van der Waals surface area contributed by atoms with Crippen LogP contribution in [-0.4, -0.2) is 25.3 Å². The minimum atomic E-state index is -0.619. The summed E-state index contributed by atoms with van der Waals surface area (Å²) in [4.78, 5) is 24.6. The van der Waals surface area contributed by atoms with E-state index in [0.717, 1.165) is 10.8 Å². The summed E-state index contributed by atoms with van der Waals surface area (Å²) in [5, 5.41) is 8.19. The van der Waals surface area contributed by atoms with Crippen molar-refractivity contribution in [1.29, 1.82) is 0 Å². The van der Waals surface area contributed by atoms with Crippen LogP contribution in [-0.2, 0) is 0 Å². The van der Waals surface area contributed by atoms with Crippen LogP contribution in [0, 0.1) is 5.82 Å². The van der Waals surface area contributed by atoms with Gasteiger partial charge in [-0.25, -0.2) is 14.0 Å². The van der Waals surface area contributed by atoms with Crippen LogP contribution in [0.25, 0.3) is 32.7 Å². The predicted molar refractivity (Wildman–Crippen MR) is 126 cm³/mol. The molecule has 0 saturated carbocycles. The number of amides is 2. The number of benzene rings is 4. The summed E-state index contributed by atoms with van der Waals surface area (Å²) in [6.45, 7) is 4.38. The molecule has 0 bridgehead atoms. The maximum absolute atomic E-state index is 14.0. The molecule has 0 aliphatic rings. The van der Waals surface area contributed by atoms with E-state index in [1.54, 1.807) is 38.1 Å². The Morgan fingerprint density at radius 2 is 1.27 bits per heavy atom. The Kier molecular flexibility index (Phi) is 6.40. The number of carbonyl (C=O) groups is 2. The third-order valence-corrected chi connectivity index (χ3v) is 5.13. The summed E-state index contributed by atoms with van der Waals surface area (Å²) in [5.74, 6) is 0.164. The van der Waals surface area contributed by atoms with Crippen LogP contribution in [0.3, 0.4) is 0 Å². The van der Waals surface area contributed by atoms with Crippen LogP contribution in [0.15, 0.2) is 66.7 Å². The van der Waals surface area contributed by atoms with Crippen molar-refractivity contribution in [3.63, 3.8) is 0 Å². The first-order valence-electron chi connectivity index (χ1n) is 10.7. The van der Waals surface area contributed by atoms with Gasteiger partial charge in [-0.1, -0.05) is 42.5 Å². The van der Waals surface area contributed by atoms with Crippen LogP contribution in [0.5, 0.6) is 11.5 Å². The maximum Gasteiger partial charge on any atom is 0.412 e. The summed E-state index contributed by atoms with van der Waals surface area (Å²) < 4.78 is 25.3. The average molecular weight is 446 g/mol. The molecule has 0 atom stereocenters. The molecule has 0 aromatic heterocycles. The number of nitrogens with one attached hydrogen (secondary N) is 2. The number of rotatable bonds is 5. The van der Waals surface area contributed by atoms with E-state index in [2.05, 4.69) is 10.6 Å². The fourth-order valence-corrected chi connectivity index (χ4v) is 3.78. The van der Waals surface area contributed by atoms with E-state index in [9.17, 15) is 14.0 Å². The molecule has 0 radical (unpaired) electrons. The SMILES string of the molecule is CCNC(=O)Oc1ccc2ccccc2c1-c1c(OC(=O)NCC)ccc2cc(F)ccc12. The van der Waals surface area contributed by atoms with Gasteiger partial charge in [0.1, 0.15) is 17.3 Å². The molecule has 7 heteroatoms. The summed E-state index contributed by atoms with van der Waals surface area (Å²) in [5.41, 5.74) is 1.09. The highest BCUT2D eigenvalue weighted by Crippen LogP contribution is 2.45. The lowest BCUT2D eigenvalue weighted by atomic mass is 9.92. The topological polar surface area (TPSA) is 76.7 Å². The van der Waals surface area contributed by atoms with Crippen molar-refractivity contribution in [2.75, 3.05) is 13.1 Å². The molecule has 4 aromatic rings. The van der Waals surface area contributed by atoms with Gasteiger partial charge in [-0.3, -0.25) is 0 Å². The Hall–Kier alpha value is -4.13. The Morgan fingerprint density at radius 3 is 1.88 bits per heavy atom. The van der Waals surface area contributed by atoms with Crippen LogP contribution >= 0.6 is 0 Å². The smallest absolute Gasteiger partial charge is 0.410 e. The molecule has 0 aliphatic carbocycles. The quantitative estimate of drug-likeness (QED) is 0.393. The van der Waals surface area contributed by atoms with Gasteiger partial charge in [-0.05, 0) is 59.7 Å². The second-order valence-corrected chi connectivity index (χ2v) is 7.30. The summed E-state index contributed by atoms with van der Waals surface area (Å²) in [7, 11) is 0. The van der Waals surface area contributed by atoms with Crippen molar-refractivity contribution in [2.45, 2.75) is 13.8 Å². The lowest BCUT2D eigenvalue weighted by molar-refractivity contribution is 0.199. The first-order valence-corrected chi connectivity index (χ1v) is 10.7. The Morgan fingerprint density at radius 1 is 0.727 bits per heavy atom. The van der Waals surface area contributed by atoms with E-state index in [1.165, 1.54) is 12.1 Å². The third kappa shape index (κ3) is 4.57. The standard InChI is InChI=1S/C26H23FN2O4/c1-3-28-25(30)32-21-13-9-16-7-5-6-8-19(16)23(21)24-20-12-11-18(27)15-17(20)10-14-22(24)33-26(31)29-4-2/h5-15H,3-4H2,1-2H3,(H,28,30)(H,29,31). The van der Waals surface area contributed by atoms with Crippen molar-refractivity contribution in [1.82, 2.24) is 10.6 Å². The highest BCUT2D eigenvalue weighted by Gasteiger charge is 2.22. The summed E-state index contributed by atoms with van der Waals surface area (Å²) in [6, 6.07) is 18.8. The third-order valence-electron chi connectivity index (χ3n) is 5.13. The van der Waals surface area contributed by atoms with E-state index >= 15 is 0 Å². The second-order valence-electron chi connectivity index (χ2n) is 7.30. The van der Waals surface area contributed by atoms with E-state index in [-0.39, 0.29) is 17.3 Å². The van der Waals surface area contributed by atoms with E-state index in [1.807, 2.05) is 30.3 Å². The van der Waals surface area contributed by atoms with Gasteiger partial charge in [0.2, 0.25) is 0 Å². The molecule has 0 saturated heterocycles. The van der Waals surface area contributed by atoms with Crippen LogP contribution in [0.2, 0.25) is 0 Å². The van der Waals surface area contributed by atoms with Gasteiger partial charge in [0.25, 0.3) is 0 Å². The highest BCUT2D eigenvalue weighted by atomic mass is 19.1. The van der Waals surface area contributed by atoms with Gasteiger partial charge in [-0.15, -0.1) is 0 Å². The monoisotopic (exact) mass is 446 g/mol. The maximum atomic E-state index is 14.0. The minimum Gasteiger partial charge on any atom is -0.410 e. The molecule has 0 spiro atoms. The highest BCUT2D eigenvalue weighted by molar-refractivity contribution is 6.10. The van der Waals surface area contributed by atoms with Gasteiger partial charge < -0.3 is 20.1 Å². The summed E-state index contributed by atoms with van der Waals surface area (Å²) >= 11 is 0. The van der Waals surface area contributed by atoms with Gasteiger partial charge in [0.15, 0.2) is 0 Å². The molecule has 4 rings (SSSR count). The van der Waals surface area contributed by atoms with Gasteiger partial charge in [0.05, 0.1) is 0 Å². The van der Waals surface area contributed by atoms with Crippen LogP contribution < -0.4 is 20.1 Å². The number of ether oxygens (including phenoxy) is 2. The zero-order valence-electron chi connectivity index (χ0n) is 18.3. The minimum absolute atomic E-state index is 0.261. The molecule has 168 valence electrons. The second kappa shape index (κ2) is 9.56. The van der Waals surface area contributed by atoms with E-state index in [4.69, 9.17) is 9.47 Å². The van der Waals surface area contributed by atoms with Crippen LogP contribution in [0.1, 0.15) is 13.8 Å². The largest absolute Gasteiger partial charge is 0.412 e. The fourth-order valence-electron chi connectivity index (χ4n) is 3.78. The first-order chi connectivity index (χ1) is 16.0. The fraction of sp³-hybridized carbons (Fsp3) is 0.154. The lowest BCUT2D eigenvalue weighted by Crippen LogP contribution is -2.27. The number of carbonyl (C=O) groups excluding carboxylic acids is 2. The number of fused-ring (bicyclic) bond motifs is 2. The molecular weight excluding hydrogens is 423 g/mol. The molecule has 0 heterocycles. The van der Waals surface area contributed by atoms with Crippen LogP contribution in [0.4, 0.5) is 14.0 Å². The lowest BCUT2D eigenvalue weighted by Gasteiger charge is -2.18. The number of hydrogen-bond acceptors (Lipinski definition) is 4. The van der Waals surface area contributed by atoms with Crippen molar-refractivity contribution in [3.05, 3.63) is 72.5 Å². The van der Waals surface area contributed by atoms with Crippen molar-refractivity contribution < 1.29 is 23.5 Å². The van der Waals surface area contributed by atoms with E-state index in [0.29, 0.717) is 35.0 Å². The zero-order valence-corrected chi connectivity index (χ0v) is 18.3. The molecule has 4 aromatic carbocycles. The van der Waals surface area contributed by atoms with E-state index < -0.39 is 12.2 Å². The van der Waals surface area contributed by atoms with Crippen molar-refractivity contribution in [2.24, 2.45) is 0 Å². The Labute approximate surface area is 190 Å². The first kappa shape index (κ1) is 22.1. The number of hydrogen-bond donors (Lipinski definition) is 2.